The molecule has 5 nitrogen and oxygen atoms in total. The molecule has 2 heterocycles. The maximum Gasteiger partial charge on any atom is 0.329 e. The predicted octanol–water partition coefficient (Wildman–Crippen LogP) is 1.13. The summed E-state index contributed by atoms with van der Waals surface area (Å²) in [5.41, 5.74) is 0.617. The molecule has 16 heavy (non-hydrogen) atoms. The molecule has 1 fully saturated rings. The van der Waals surface area contributed by atoms with E-state index in [1.807, 2.05) is 0 Å². The van der Waals surface area contributed by atoms with Crippen molar-refractivity contribution in [1.82, 2.24) is 9.55 Å². The molecular formula is C11H10N2O3. The predicted molar refractivity (Wildman–Crippen MR) is 57.3 cm³/mol. The van der Waals surface area contributed by atoms with E-state index in [2.05, 4.69) is 4.98 Å². The molecule has 2 aromatic rings. The molecule has 0 aromatic carbocycles. The number of nitrogens with one attached hydrogen (secondary N) is 1. The van der Waals surface area contributed by atoms with Crippen molar-refractivity contribution in [1.29, 1.82) is 0 Å². The van der Waals surface area contributed by atoms with E-state index in [4.69, 9.17) is 4.42 Å². The Hall–Kier alpha value is -2.04. The standard InChI is InChI=1S/C11H10N2O3/c14-10-5-9(7-3-4-16-6-7)12-11(15)13(10)8-1-2-8/h3-6,8H,1-2H2,(H,12,15). The highest BCUT2D eigenvalue weighted by Gasteiger charge is 2.26. The normalized spacial score (nSPS) is 15.2. The van der Waals surface area contributed by atoms with Crippen molar-refractivity contribution in [3.8, 4) is 11.3 Å². The van der Waals surface area contributed by atoms with Crippen molar-refractivity contribution < 1.29 is 4.42 Å². The molecule has 82 valence electrons. The molecule has 2 aromatic heterocycles. The second-order valence-corrected chi connectivity index (χ2v) is 3.94. The molecule has 0 radical (unpaired) electrons. The average Bonchev–Trinajstić information content (AvgIpc) is 2.92. The number of aromatic amines is 1. The third kappa shape index (κ3) is 1.41. The Balaban J connectivity index is 2.17. The highest BCUT2D eigenvalue weighted by Crippen LogP contribution is 2.32. The molecule has 0 amide bonds. The topological polar surface area (TPSA) is 68.0 Å². The Morgan fingerprint density at radius 1 is 1.38 bits per heavy atom. The van der Waals surface area contributed by atoms with E-state index in [-0.39, 0.29) is 17.3 Å². The fourth-order valence-electron chi connectivity index (χ4n) is 1.76. The highest BCUT2D eigenvalue weighted by atomic mass is 16.3. The first-order valence-electron chi connectivity index (χ1n) is 5.14. The second kappa shape index (κ2) is 3.23. The zero-order valence-corrected chi connectivity index (χ0v) is 8.47. The van der Waals surface area contributed by atoms with E-state index in [1.165, 1.54) is 23.2 Å². The number of nitrogens with zero attached hydrogens (tertiary/aromatic N) is 1. The van der Waals surface area contributed by atoms with Gasteiger partial charge in [-0.1, -0.05) is 0 Å². The van der Waals surface area contributed by atoms with Gasteiger partial charge in [0.25, 0.3) is 5.56 Å². The largest absolute Gasteiger partial charge is 0.472 e. The number of aromatic nitrogens is 2. The molecule has 3 rings (SSSR count). The molecule has 1 N–H and O–H groups in total. The maximum atomic E-state index is 11.7. The van der Waals surface area contributed by atoms with Crippen LogP contribution in [0.2, 0.25) is 0 Å². The molecule has 0 aliphatic heterocycles. The lowest BCUT2D eigenvalue weighted by molar-refractivity contribution is 0.568. The Morgan fingerprint density at radius 2 is 2.19 bits per heavy atom. The summed E-state index contributed by atoms with van der Waals surface area (Å²) in [4.78, 5) is 26.2. The van der Waals surface area contributed by atoms with Crippen LogP contribution in [0.25, 0.3) is 11.3 Å². The summed E-state index contributed by atoms with van der Waals surface area (Å²) in [5, 5.41) is 0. The van der Waals surface area contributed by atoms with Gasteiger partial charge >= 0.3 is 5.69 Å². The number of hydrogen-bond donors (Lipinski definition) is 1. The first-order chi connectivity index (χ1) is 7.75. The minimum atomic E-state index is -0.341. The smallest absolute Gasteiger partial charge is 0.329 e. The van der Waals surface area contributed by atoms with Gasteiger partial charge in [0.1, 0.15) is 0 Å². The monoisotopic (exact) mass is 218 g/mol. The Bertz CT molecular complexity index is 586. The van der Waals surface area contributed by atoms with Crippen molar-refractivity contribution in [3.63, 3.8) is 0 Å². The summed E-state index contributed by atoms with van der Waals surface area (Å²) >= 11 is 0. The molecule has 0 atom stereocenters. The van der Waals surface area contributed by atoms with Gasteiger partial charge in [-0.15, -0.1) is 0 Å². The van der Waals surface area contributed by atoms with E-state index < -0.39 is 0 Å². The summed E-state index contributed by atoms with van der Waals surface area (Å²) in [5.74, 6) is 0. The summed E-state index contributed by atoms with van der Waals surface area (Å²) < 4.78 is 6.19. The van der Waals surface area contributed by atoms with E-state index >= 15 is 0 Å². The Kier molecular flexibility index (Phi) is 1.86. The van der Waals surface area contributed by atoms with Gasteiger partial charge in [0.15, 0.2) is 0 Å². The van der Waals surface area contributed by atoms with Crippen LogP contribution in [0.1, 0.15) is 18.9 Å². The lowest BCUT2D eigenvalue weighted by atomic mass is 10.2. The lowest BCUT2D eigenvalue weighted by Crippen LogP contribution is -2.34. The fourth-order valence-corrected chi connectivity index (χ4v) is 1.76. The zero-order chi connectivity index (χ0) is 11.1. The summed E-state index contributed by atoms with van der Waals surface area (Å²) in [7, 11) is 0. The van der Waals surface area contributed by atoms with Gasteiger partial charge in [-0.05, 0) is 18.9 Å². The van der Waals surface area contributed by atoms with Gasteiger partial charge in [0, 0.05) is 17.7 Å². The summed E-state index contributed by atoms with van der Waals surface area (Å²) in [6.07, 6.45) is 4.81. The molecule has 1 aliphatic carbocycles. The van der Waals surface area contributed by atoms with Crippen molar-refractivity contribution in [3.05, 3.63) is 45.5 Å². The van der Waals surface area contributed by atoms with E-state index in [1.54, 1.807) is 6.07 Å². The highest BCUT2D eigenvalue weighted by molar-refractivity contribution is 5.56. The van der Waals surface area contributed by atoms with Crippen molar-refractivity contribution in [2.75, 3.05) is 0 Å². The molecule has 0 bridgehead atoms. The summed E-state index contributed by atoms with van der Waals surface area (Å²) in [6, 6.07) is 3.23. The number of hydrogen-bond acceptors (Lipinski definition) is 3. The minimum absolute atomic E-state index is 0.0923. The van der Waals surface area contributed by atoms with Gasteiger partial charge < -0.3 is 9.40 Å². The fraction of sp³-hybridized carbons (Fsp3) is 0.273. The van der Waals surface area contributed by atoms with Crippen LogP contribution in [-0.2, 0) is 0 Å². The third-order valence-corrected chi connectivity index (χ3v) is 2.71. The van der Waals surface area contributed by atoms with E-state index in [0.29, 0.717) is 11.3 Å². The van der Waals surface area contributed by atoms with Crippen LogP contribution in [0, 0.1) is 0 Å². The molecule has 0 spiro atoms. The molecule has 1 aliphatic rings. The Morgan fingerprint density at radius 3 is 2.75 bits per heavy atom. The second-order valence-electron chi connectivity index (χ2n) is 3.94. The van der Waals surface area contributed by atoms with E-state index in [9.17, 15) is 9.59 Å². The van der Waals surface area contributed by atoms with Crippen molar-refractivity contribution in [2.24, 2.45) is 0 Å². The van der Waals surface area contributed by atoms with Crippen molar-refractivity contribution in [2.45, 2.75) is 18.9 Å². The van der Waals surface area contributed by atoms with Crippen molar-refractivity contribution >= 4 is 0 Å². The van der Waals surface area contributed by atoms with Crippen LogP contribution in [0.3, 0.4) is 0 Å². The molecule has 0 saturated heterocycles. The van der Waals surface area contributed by atoms with Gasteiger partial charge in [0.05, 0.1) is 18.2 Å². The minimum Gasteiger partial charge on any atom is -0.472 e. The van der Waals surface area contributed by atoms with Gasteiger partial charge in [0.2, 0.25) is 0 Å². The first kappa shape index (κ1) is 9.21. The van der Waals surface area contributed by atoms with Crippen LogP contribution in [0.15, 0.2) is 38.7 Å². The number of H-pyrrole nitrogens is 1. The first-order valence-corrected chi connectivity index (χ1v) is 5.14. The zero-order valence-electron chi connectivity index (χ0n) is 8.47. The van der Waals surface area contributed by atoms with Gasteiger partial charge in [-0.2, -0.15) is 0 Å². The van der Waals surface area contributed by atoms with Gasteiger partial charge in [-0.3, -0.25) is 9.36 Å². The molecule has 5 heteroatoms. The Labute approximate surface area is 90.3 Å². The average molecular weight is 218 g/mol. The maximum absolute atomic E-state index is 11.7. The SMILES string of the molecule is O=c1cc(-c2ccoc2)[nH]c(=O)n1C1CC1. The van der Waals surface area contributed by atoms with Crippen LogP contribution < -0.4 is 11.2 Å². The summed E-state index contributed by atoms with van der Waals surface area (Å²) in [6.45, 7) is 0. The van der Waals surface area contributed by atoms with E-state index in [0.717, 1.165) is 12.8 Å². The molecule has 1 saturated carbocycles. The van der Waals surface area contributed by atoms with Crippen LogP contribution in [0.5, 0.6) is 0 Å². The number of furan rings is 1. The molecular weight excluding hydrogens is 208 g/mol. The van der Waals surface area contributed by atoms with Crippen LogP contribution in [0.4, 0.5) is 0 Å². The third-order valence-electron chi connectivity index (χ3n) is 2.71. The quantitative estimate of drug-likeness (QED) is 0.821. The molecule has 0 unspecified atom stereocenters. The van der Waals surface area contributed by atoms with Crippen LogP contribution in [-0.4, -0.2) is 9.55 Å². The van der Waals surface area contributed by atoms with Crippen LogP contribution >= 0.6 is 0 Å². The number of rotatable bonds is 2. The van der Waals surface area contributed by atoms with Gasteiger partial charge in [-0.25, -0.2) is 4.79 Å². The lowest BCUT2D eigenvalue weighted by Gasteiger charge is -2.02.